The van der Waals surface area contributed by atoms with Gasteiger partial charge in [0.15, 0.2) is 0 Å². The number of anilines is 2. The first-order valence-electron chi connectivity index (χ1n) is 22.1. The van der Waals surface area contributed by atoms with Gasteiger partial charge in [-0.3, -0.25) is 39.0 Å². The average molecular weight is 856 g/mol. The summed E-state index contributed by atoms with van der Waals surface area (Å²) >= 11 is 0. The molecule has 16 heteroatoms. The molecular formula is C47H53N9O7. The molecule has 5 aliphatic heterocycles. The van der Waals surface area contributed by atoms with Gasteiger partial charge in [-0.15, -0.1) is 0 Å². The number of nitrogens with two attached hydrogens (primary N) is 1. The lowest BCUT2D eigenvalue weighted by atomic mass is 9.86. The van der Waals surface area contributed by atoms with Crippen LogP contribution in [-0.2, 0) is 14.4 Å². The number of imide groups is 2. The number of carbonyl (C=O) groups is 6. The fourth-order valence-corrected chi connectivity index (χ4v) is 10.0. The van der Waals surface area contributed by atoms with Gasteiger partial charge in [0, 0.05) is 69.9 Å². The summed E-state index contributed by atoms with van der Waals surface area (Å²) in [6, 6.07) is 21.4. The number of hydrogen-bond donors (Lipinski definition) is 3. The van der Waals surface area contributed by atoms with Crippen LogP contribution in [0.2, 0.25) is 0 Å². The molecule has 3 fully saturated rings. The predicted octanol–water partition coefficient (Wildman–Crippen LogP) is 4.68. The number of amides is 6. The van der Waals surface area contributed by atoms with Gasteiger partial charge in [-0.2, -0.15) is 5.10 Å². The molecule has 0 spiro atoms. The third-order valence-electron chi connectivity index (χ3n) is 13.4. The number of likely N-dealkylation sites (tertiary alicyclic amines) is 1. The number of nitrogens with zero attached hydrogens (tertiary/aromatic N) is 6. The van der Waals surface area contributed by atoms with Crippen molar-refractivity contribution in [3.05, 3.63) is 89.5 Å². The smallest absolute Gasteiger partial charge is 0.262 e. The molecule has 63 heavy (non-hydrogen) atoms. The summed E-state index contributed by atoms with van der Waals surface area (Å²) in [7, 11) is 2.07. The normalized spacial score (nSPS) is 20.7. The van der Waals surface area contributed by atoms with Crippen LogP contribution in [0.4, 0.5) is 11.5 Å². The van der Waals surface area contributed by atoms with Gasteiger partial charge in [0.25, 0.3) is 17.7 Å². The molecule has 3 saturated heterocycles. The van der Waals surface area contributed by atoms with E-state index in [-0.39, 0.29) is 35.9 Å². The minimum absolute atomic E-state index is 0.0772. The zero-order valence-electron chi connectivity index (χ0n) is 35.5. The van der Waals surface area contributed by atoms with Gasteiger partial charge in [0.2, 0.25) is 17.7 Å². The molecule has 0 aliphatic carbocycles. The second-order valence-electron chi connectivity index (χ2n) is 17.4. The Bertz CT molecular complexity index is 2420. The number of carbonyl (C=O) groups excluding carboxylic acids is 6. The number of ether oxygens (including phenoxy) is 1. The SMILES string of the molecule is CN(CCC(=O)N1CCC([C@@H]2CCNc3c(C(N)=O)c(-c4ccc(Oc5ccccc5)cc4)nn32)CC1)CC1CCN(c2ccc3c(c2)C(=O)N(C2CCC(=O)NC2=O)C3=O)CC1. The summed E-state index contributed by atoms with van der Waals surface area (Å²) in [5.74, 6) is 0.432. The van der Waals surface area contributed by atoms with Crippen molar-refractivity contribution >= 4 is 46.9 Å². The van der Waals surface area contributed by atoms with Crippen LogP contribution in [0, 0.1) is 11.8 Å². The molecule has 6 heterocycles. The minimum atomic E-state index is -0.987. The monoisotopic (exact) mass is 855 g/mol. The van der Waals surface area contributed by atoms with E-state index in [0.717, 1.165) is 73.6 Å². The van der Waals surface area contributed by atoms with E-state index in [0.29, 0.717) is 67.3 Å². The zero-order valence-corrected chi connectivity index (χ0v) is 35.5. The van der Waals surface area contributed by atoms with Crippen LogP contribution in [0.15, 0.2) is 72.8 Å². The van der Waals surface area contributed by atoms with E-state index in [1.807, 2.05) is 70.2 Å². The summed E-state index contributed by atoms with van der Waals surface area (Å²) in [5.41, 5.74) is 9.10. The first-order chi connectivity index (χ1) is 30.5. The molecule has 1 aromatic heterocycles. The Kier molecular flexibility index (Phi) is 11.7. The standard InChI is InChI=1S/C47H53N9O7/c1-52(28-29-16-23-53(24-17-29)32-9-12-35-36(27-32)47(62)55(46(35)61)38-13-14-39(57)50-45(38)60)22-20-40(58)54-25-18-30(19-26-54)37-15-21-49-44-41(43(48)59)42(51-56(37)44)31-7-10-34(11-8-31)63-33-5-3-2-4-6-33/h2-12,27,29-30,37-38,49H,13-26,28H2,1H3,(H2,48,59)(H,50,57,60)/t37-,38?/m0/s1. The van der Waals surface area contributed by atoms with E-state index >= 15 is 0 Å². The van der Waals surface area contributed by atoms with E-state index < -0.39 is 35.6 Å². The molecule has 3 aromatic carbocycles. The molecule has 0 bridgehead atoms. The lowest BCUT2D eigenvalue weighted by Crippen LogP contribution is -2.54. The maximum Gasteiger partial charge on any atom is 0.262 e. The van der Waals surface area contributed by atoms with Crippen LogP contribution in [0.3, 0.4) is 0 Å². The number of rotatable bonds is 12. The van der Waals surface area contributed by atoms with Crippen molar-refractivity contribution in [1.82, 2.24) is 29.8 Å². The Balaban J connectivity index is 0.739. The molecule has 328 valence electrons. The van der Waals surface area contributed by atoms with Gasteiger partial charge in [-0.1, -0.05) is 18.2 Å². The highest BCUT2D eigenvalue weighted by atomic mass is 16.5. The first-order valence-corrected chi connectivity index (χ1v) is 22.1. The number of para-hydroxylation sites is 1. The van der Waals surface area contributed by atoms with Crippen molar-refractivity contribution < 1.29 is 33.5 Å². The third kappa shape index (κ3) is 8.51. The number of nitrogens with one attached hydrogen (secondary N) is 2. The zero-order chi connectivity index (χ0) is 43.8. The fourth-order valence-electron chi connectivity index (χ4n) is 10.0. The molecular weight excluding hydrogens is 803 g/mol. The van der Waals surface area contributed by atoms with E-state index in [9.17, 15) is 28.8 Å². The van der Waals surface area contributed by atoms with Gasteiger partial charge >= 0.3 is 0 Å². The predicted molar refractivity (Wildman–Crippen MR) is 234 cm³/mol. The molecule has 1 unspecified atom stereocenters. The molecule has 4 aromatic rings. The Morgan fingerprint density at radius 2 is 1.56 bits per heavy atom. The second kappa shape index (κ2) is 17.7. The van der Waals surface area contributed by atoms with E-state index in [1.54, 1.807) is 12.1 Å². The second-order valence-corrected chi connectivity index (χ2v) is 17.4. The lowest BCUT2D eigenvalue weighted by Gasteiger charge is -2.38. The van der Waals surface area contributed by atoms with Gasteiger partial charge in [-0.05, 0) is 112 Å². The number of hydrogen-bond acceptors (Lipinski definition) is 11. The molecule has 0 radical (unpaired) electrons. The van der Waals surface area contributed by atoms with E-state index in [4.69, 9.17) is 15.6 Å². The van der Waals surface area contributed by atoms with Crippen molar-refractivity contribution in [1.29, 1.82) is 0 Å². The molecule has 0 saturated carbocycles. The van der Waals surface area contributed by atoms with Gasteiger partial charge < -0.3 is 30.5 Å². The summed E-state index contributed by atoms with van der Waals surface area (Å²) in [5, 5.41) is 10.6. The van der Waals surface area contributed by atoms with Crippen molar-refractivity contribution in [2.24, 2.45) is 17.6 Å². The Hall–Kier alpha value is -6.55. The Morgan fingerprint density at radius 1 is 0.841 bits per heavy atom. The number of fused-ring (bicyclic) bond motifs is 2. The molecule has 9 rings (SSSR count). The van der Waals surface area contributed by atoms with Crippen molar-refractivity contribution in [3.63, 3.8) is 0 Å². The Labute approximate surface area is 365 Å². The van der Waals surface area contributed by atoms with Gasteiger partial charge in [-0.25, -0.2) is 4.68 Å². The lowest BCUT2D eigenvalue weighted by molar-refractivity contribution is -0.136. The van der Waals surface area contributed by atoms with E-state index in [2.05, 4.69) is 27.5 Å². The Morgan fingerprint density at radius 3 is 2.27 bits per heavy atom. The first kappa shape index (κ1) is 41.8. The van der Waals surface area contributed by atoms with Crippen LogP contribution in [0.5, 0.6) is 11.5 Å². The summed E-state index contributed by atoms with van der Waals surface area (Å²) < 4.78 is 7.93. The van der Waals surface area contributed by atoms with Crippen molar-refractivity contribution in [2.45, 2.75) is 63.5 Å². The fraction of sp³-hybridized carbons (Fsp3) is 0.426. The summed E-state index contributed by atoms with van der Waals surface area (Å²) in [4.78, 5) is 84.4. The van der Waals surface area contributed by atoms with Crippen molar-refractivity contribution in [3.8, 4) is 22.8 Å². The maximum absolute atomic E-state index is 13.5. The van der Waals surface area contributed by atoms with Crippen LogP contribution < -0.4 is 26.0 Å². The number of aromatic nitrogens is 2. The molecule has 6 amide bonds. The largest absolute Gasteiger partial charge is 0.457 e. The van der Waals surface area contributed by atoms with Gasteiger partial charge in [0.1, 0.15) is 34.6 Å². The number of benzene rings is 3. The van der Waals surface area contributed by atoms with Crippen LogP contribution in [0.1, 0.15) is 88.5 Å². The number of primary amides is 1. The quantitative estimate of drug-likeness (QED) is 0.168. The van der Waals surface area contributed by atoms with Gasteiger partial charge in [0.05, 0.1) is 17.2 Å². The maximum atomic E-state index is 13.5. The molecule has 5 aliphatic rings. The van der Waals surface area contributed by atoms with Crippen LogP contribution in [-0.4, -0.2) is 119 Å². The molecule has 16 nitrogen and oxygen atoms in total. The topological polar surface area (TPSA) is 193 Å². The summed E-state index contributed by atoms with van der Waals surface area (Å²) in [6.45, 7) is 5.21. The van der Waals surface area contributed by atoms with Crippen LogP contribution >= 0.6 is 0 Å². The third-order valence-corrected chi connectivity index (χ3v) is 13.4. The minimum Gasteiger partial charge on any atom is -0.457 e. The highest BCUT2D eigenvalue weighted by Crippen LogP contribution is 2.40. The summed E-state index contributed by atoms with van der Waals surface area (Å²) in [6.07, 6.45) is 5.12. The molecule has 4 N–H and O–H groups in total. The highest BCUT2D eigenvalue weighted by molar-refractivity contribution is 6.23. The number of piperidine rings is 3. The van der Waals surface area contributed by atoms with Crippen LogP contribution in [0.25, 0.3) is 11.3 Å². The van der Waals surface area contributed by atoms with Crippen molar-refractivity contribution in [2.75, 3.05) is 63.1 Å². The highest BCUT2D eigenvalue weighted by Gasteiger charge is 2.45. The average Bonchev–Trinajstić information content (AvgIpc) is 3.81. The molecule has 2 atom stereocenters. The van der Waals surface area contributed by atoms with E-state index in [1.165, 1.54) is 0 Å².